The fourth-order valence-electron chi connectivity index (χ4n) is 4.77. The highest BCUT2D eigenvalue weighted by Crippen LogP contribution is 2.48. The quantitative estimate of drug-likeness (QED) is 0.386. The van der Waals surface area contributed by atoms with E-state index in [1.54, 1.807) is 7.05 Å². The van der Waals surface area contributed by atoms with Gasteiger partial charge in [-0.05, 0) is 31.0 Å². The summed E-state index contributed by atoms with van der Waals surface area (Å²) in [7, 11) is 1.66. The number of nitrogen functional groups attached to an aromatic ring is 1. The molecule has 1 aromatic carbocycles. The molecule has 10 nitrogen and oxygen atoms in total. The average molecular weight is 543 g/mol. The summed E-state index contributed by atoms with van der Waals surface area (Å²) in [6, 6.07) is 4.30. The van der Waals surface area contributed by atoms with E-state index in [2.05, 4.69) is 15.1 Å². The summed E-state index contributed by atoms with van der Waals surface area (Å²) in [4.78, 5) is 34.8. The van der Waals surface area contributed by atoms with Crippen molar-refractivity contribution in [2.24, 2.45) is 12.5 Å². The van der Waals surface area contributed by atoms with Crippen molar-refractivity contribution in [1.29, 1.82) is 0 Å². The molecule has 0 atom stereocenters. The largest absolute Gasteiger partial charge is 0.448 e. The third-order valence-corrected chi connectivity index (χ3v) is 7.17. The van der Waals surface area contributed by atoms with E-state index in [0.717, 1.165) is 41.1 Å². The standard InChI is InChI=1S/C25H21F4N7O3/c1-34-20-16-6-15(18(26)7-19(16)33-21(30)17(20)9-32-34)22(37)35(36-11-24(4-5-24)12-39-23(36)38)10-14-3-2-13(8-31-14)25(27,28)29/h2-3,6-9H,4-5,10-12H2,1H3,(H2,30,33). The van der Waals surface area contributed by atoms with Gasteiger partial charge in [0.25, 0.3) is 5.91 Å². The monoisotopic (exact) mass is 543 g/mol. The number of aromatic nitrogens is 4. The van der Waals surface area contributed by atoms with Gasteiger partial charge in [-0.1, -0.05) is 0 Å². The van der Waals surface area contributed by atoms with Gasteiger partial charge in [-0.2, -0.15) is 18.3 Å². The van der Waals surface area contributed by atoms with E-state index >= 15 is 4.39 Å². The lowest BCUT2D eigenvalue weighted by atomic mass is 10.1. The van der Waals surface area contributed by atoms with Crippen LogP contribution in [0, 0.1) is 11.2 Å². The van der Waals surface area contributed by atoms with Crippen LogP contribution in [0.3, 0.4) is 0 Å². The number of hydrogen-bond acceptors (Lipinski definition) is 7. The predicted molar refractivity (Wildman–Crippen MR) is 129 cm³/mol. The highest BCUT2D eigenvalue weighted by Gasteiger charge is 2.51. The third kappa shape index (κ3) is 4.25. The first-order chi connectivity index (χ1) is 18.5. The molecule has 4 aromatic rings. The van der Waals surface area contributed by atoms with Crippen LogP contribution in [0.15, 0.2) is 36.7 Å². The molecule has 2 aliphatic rings. The Morgan fingerprint density at radius 3 is 2.64 bits per heavy atom. The minimum absolute atomic E-state index is 0.0595. The van der Waals surface area contributed by atoms with Crippen molar-refractivity contribution in [2.75, 3.05) is 18.9 Å². The van der Waals surface area contributed by atoms with Crippen molar-refractivity contribution < 1.29 is 31.9 Å². The molecule has 0 unspecified atom stereocenters. The fraction of sp³-hybridized carbons (Fsp3) is 0.320. The van der Waals surface area contributed by atoms with Crippen LogP contribution in [0.5, 0.6) is 0 Å². The highest BCUT2D eigenvalue weighted by molar-refractivity contribution is 6.10. The number of aryl methyl sites for hydroxylation is 1. The molecule has 1 saturated heterocycles. The number of hydrazine groups is 1. The Morgan fingerprint density at radius 2 is 1.97 bits per heavy atom. The van der Waals surface area contributed by atoms with Gasteiger partial charge in [0.2, 0.25) is 0 Å². The molecule has 1 aliphatic heterocycles. The molecule has 14 heteroatoms. The zero-order chi connectivity index (χ0) is 27.7. The smallest absolute Gasteiger partial charge is 0.428 e. The first kappa shape index (κ1) is 24.8. The molecule has 2 fully saturated rings. The molecule has 0 bridgehead atoms. The molecular formula is C25H21F4N7O3. The summed E-state index contributed by atoms with van der Waals surface area (Å²) in [5.74, 6) is -1.68. The Balaban J connectivity index is 1.44. The van der Waals surface area contributed by atoms with Crippen molar-refractivity contribution >= 4 is 39.6 Å². The molecule has 2 amide bonds. The molecule has 3 aromatic heterocycles. The zero-order valence-electron chi connectivity index (χ0n) is 20.5. The number of hydrogen-bond donors (Lipinski definition) is 1. The number of anilines is 1. The van der Waals surface area contributed by atoms with Gasteiger partial charge in [-0.25, -0.2) is 24.2 Å². The Bertz CT molecular complexity index is 1650. The predicted octanol–water partition coefficient (Wildman–Crippen LogP) is 4.05. The first-order valence-electron chi connectivity index (χ1n) is 11.9. The number of carbonyl (C=O) groups is 2. The molecule has 1 spiro atoms. The number of nitrogens with zero attached hydrogens (tertiary/aromatic N) is 6. The summed E-state index contributed by atoms with van der Waals surface area (Å²) in [5.41, 5.74) is 5.10. The van der Waals surface area contributed by atoms with Gasteiger partial charge < -0.3 is 10.5 Å². The van der Waals surface area contributed by atoms with Gasteiger partial charge in [-0.15, -0.1) is 0 Å². The average Bonchev–Trinajstić information content (AvgIpc) is 3.53. The number of nitrogens with two attached hydrogens (primary N) is 1. The number of carbonyl (C=O) groups excluding carboxylic acids is 2. The molecule has 2 N–H and O–H groups in total. The van der Waals surface area contributed by atoms with E-state index in [9.17, 15) is 22.8 Å². The van der Waals surface area contributed by atoms with E-state index in [0.29, 0.717) is 22.5 Å². The lowest BCUT2D eigenvalue weighted by Gasteiger charge is -2.39. The van der Waals surface area contributed by atoms with Crippen LogP contribution in [0.2, 0.25) is 0 Å². The summed E-state index contributed by atoms with van der Waals surface area (Å²) >= 11 is 0. The summed E-state index contributed by atoms with van der Waals surface area (Å²) in [5, 5.41) is 7.12. The van der Waals surface area contributed by atoms with Gasteiger partial charge in [0.05, 0.1) is 52.5 Å². The number of halogens is 4. The van der Waals surface area contributed by atoms with E-state index in [1.807, 2.05) is 0 Å². The van der Waals surface area contributed by atoms with Gasteiger partial charge in [0.1, 0.15) is 18.2 Å². The molecule has 39 heavy (non-hydrogen) atoms. The van der Waals surface area contributed by atoms with Crippen molar-refractivity contribution in [3.05, 3.63) is 59.3 Å². The van der Waals surface area contributed by atoms with Crippen LogP contribution in [-0.4, -0.2) is 54.9 Å². The number of amides is 2. The number of benzene rings is 1. The molecule has 6 rings (SSSR count). The molecule has 1 aliphatic carbocycles. The van der Waals surface area contributed by atoms with Crippen molar-refractivity contribution in [3.8, 4) is 0 Å². The number of fused-ring (bicyclic) bond motifs is 3. The Morgan fingerprint density at radius 1 is 1.21 bits per heavy atom. The molecule has 202 valence electrons. The minimum Gasteiger partial charge on any atom is -0.448 e. The highest BCUT2D eigenvalue weighted by atomic mass is 19.4. The number of rotatable bonds is 4. The van der Waals surface area contributed by atoms with Gasteiger partial charge in [-0.3, -0.25) is 14.5 Å². The van der Waals surface area contributed by atoms with Gasteiger partial charge in [0.15, 0.2) is 0 Å². The van der Waals surface area contributed by atoms with Crippen LogP contribution in [-0.2, 0) is 24.5 Å². The van der Waals surface area contributed by atoms with E-state index in [4.69, 9.17) is 10.5 Å². The summed E-state index contributed by atoms with van der Waals surface area (Å²) < 4.78 is 61.4. The first-order valence-corrected chi connectivity index (χ1v) is 11.9. The van der Waals surface area contributed by atoms with E-state index < -0.39 is 36.1 Å². The van der Waals surface area contributed by atoms with Crippen molar-refractivity contribution in [3.63, 3.8) is 0 Å². The lowest BCUT2D eigenvalue weighted by Crippen LogP contribution is -2.55. The SMILES string of the molecule is Cn1ncc2c(N)nc3cc(F)c(C(=O)N(Cc4ccc(C(F)(F)F)cn4)N4CC5(CC5)COC4=O)cc3c21. The number of ether oxygens (including phenoxy) is 1. The van der Waals surface area contributed by atoms with Crippen molar-refractivity contribution in [1.82, 2.24) is 29.8 Å². The van der Waals surface area contributed by atoms with Crippen LogP contribution >= 0.6 is 0 Å². The Hall–Kier alpha value is -4.49. The van der Waals surface area contributed by atoms with Crippen LogP contribution in [0.1, 0.15) is 34.5 Å². The second kappa shape index (κ2) is 8.51. The number of cyclic esters (lactones) is 1. The minimum atomic E-state index is -4.60. The maximum Gasteiger partial charge on any atom is 0.428 e. The molecule has 0 radical (unpaired) electrons. The van der Waals surface area contributed by atoms with E-state index in [1.165, 1.54) is 16.9 Å². The van der Waals surface area contributed by atoms with Gasteiger partial charge >= 0.3 is 12.3 Å². The maximum atomic E-state index is 15.4. The maximum absolute atomic E-state index is 15.4. The summed E-state index contributed by atoms with van der Waals surface area (Å²) in [6.07, 6.45) is -1.74. The van der Waals surface area contributed by atoms with E-state index in [-0.39, 0.29) is 41.2 Å². The lowest BCUT2D eigenvalue weighted by molar-refractivity contribution is -0.137. The van der Waals surface area contributed by atoms with Crippen LogP contribution in [0.4, 0.5) is 28.2 Å². The van der Waals surface area contributed by atoms with Crippen LogP contribution in [0.25, 0.3) is 21.8 Å². The normalized spacial score (nSPS) is 16.6. The Kier molecular flexibility index (Phi) is 5.42. The van der Waals surface area contributed by atoms with Gasteiger partial charge in [0, 0.05) is 30.1 Å². The Labute approximate surface area is 217 Å². The zero-order valence-corrected chi connectivity index (χ0v) is 20.5. The molecule has 1 saturated carbocycles. The molecule has 4 heterocycles. The van der Waals surface area contributed by atoms with Crippen molar-refractivity contribution in [2.45, 2.75) is 25.6 Å². The third-order valence-electron chi connectivity index (χ3n) is 7.17. The topological polar surface area (TPSA) is 119 Å². The second-order valence-electron chi connectivity index (χ2n) is 9.89. The van der Waals surface area contributed by atoms with Crippen LogP contribution < -0.4 is 5.73 Å². The number of alkyl halides is 3. The summed E-state index contributed by atoms with van der Waals surface area (Å²) in [6.45, 7) is -0.0724. The fourth-order valence-corrected chi connectivity index (χ4v) is 4.77. The molecular weight excluding hydrogens is 522 g/mol. The second-order valence-corrected chi connectivity index (χ2v) is 9.89. The number of pyridine rings is 2.